The van der Waals surface area contributed by atoms with Crippen LogP contribution in [0.15, 0.2) is 12.2 Å². The zero-order chi connectivity index (χ0) is 14.0. The quantitative estimate of drug-likeness (QED) is 0.311. The number of hydrogen-bond acceptors (Lipinski definition) is 2. The molecule has 0 unspecified atom stereocenters. The van der Waals surface area contributed by atoms with Gasteiger partial charge in [-0.05, 0) is 32.6 Å². The maximum atomic E-state index is 11.7. The van der Waals surface area contributed by atoms with Crippen molar-refractivity contribution in [2.75, 3.05) is 0 Å². The predicted molar refractivity (Wildman–Crippen MR) is 77.6 cm³/mol. The normalized spacial score (nSPS) is 11.3. The van der Waals surface area contributed by atoms with Gasteiger partial charge in [-0.2, -0.15) is 0 Å². The monoisotopic (exact) mass is 254 g/mol. The lowest BCUT2D eigenvalue weighted by atomic mass is 9.90. The molecule has 0 aliphatic heterocycles. The first-order valence-electron chi connectivity index (χ1n) is 7.40. The molecule has 0 aliphatic rings. The third-order valence-electron chi connectivity index (χ3n) is 3.68. The molecule has 0 spiro atoms. The molecule has 0 heterocycles. The Morgan fingerprint density at radius 1 is 1.06 bits per heavy atom. The van der Waals surface area contributed by atoms with Crippen molar-refractivity contribution >= 4 is 5.97 Å². The Bertz CT molecular complexity index is 252. The summed E-state index contributed by atoms with van der Waals surface area (Å²) in [4.78, 5) is 11.7. The number of carbonyl (C=O) groups is 1. The van der Waals surface area contributed by atoms with E-state index >= 15 is 0 Å². The number of hydrogen-bond donors (Lipinski definition) is 0. The summed E-state index contributed by atoms with van der Waals surface area (Å²) in [6, 6.07) is 0. The maximum Gasteiger partial charge on any atom is 0.333 e. The van der Waals surface area contributed by atoms with Crippen LogP contribution in [0.25, 0.3) is 0 Å². The zero-order valence-electron chi connectivity index (χ0n) is 12.7. The molecule has 18 heavy (non-hydrogen) atoms. The summed E-state index contributed by atoms with van der Waals surface area (Å²) < 4.78 is 5.67. The molecular formula is C16H30O2. The molecular weight excluding hydrogens is 224 g/mol. The number of unbranched alkanes of at least 4 members (excludes halogenated alkanes) is 4. The van der Waals surface area contributed by atoms with Crippen LogP contribution >= 0.6 is 0 Å². The van der Waals surface area contributed by atoms with Crippen molar-refractivity contribution in [1.82, 2.24) is 0 Å². The van der Waals surface area contributed by atoms with Gasteiger partial charge in [0.25, 0.3) is 0 Å². The molecule has 2 nitrogen and oxygen atoms in total. The molecule has 0 radical (unpaired) electrons. The van der Waals surface area contributed by atoms with Gasteiger partial charge in [-0.15, -0.1) is 0 Å². The standard InChI is InChI=1S/C16H30O2/c1-6-9-10-11-12-13-16(7-2,8-3)18-15(17)14(4)5/h4,6-13H2,1-3,5H3. The van der Waals surface area contributed by atoms with Gasteiger partial charge in [-0.25, -0.2) is 4.79 Å². The number of esters is 1. The molecule has 0 aromatic heterocycles. The van der Waals surface area contributed by atoms with Crippen molar-refractivity contribution in [3.05, 3.63) is 12.2 Å². The highest BCUT2D eigenvalue weighted by Gasteiger charge is 2.30. The van der Waals surface area contributed by atoms with E-state index in [2.05, 4.69) is 27.4 Å². The van der Waals surface area contributed by atoms with Gasteiger partial charge in [-0.3, -0.25) is 0 Å². The Balaban J connectivity index is 4.25. The Hall–Kier alpha value is -0.790. The van der Waals surface area contributed by atoms with Gasteiger partial charge in [0.05, 0.1) is 0 Å². The van der Waals surface area contributed by atoms with E-state index in [4.69, 9.17) is 4.74 Å². The first-order chi connectivity index (χ1) is 8.51. The topological polar surface area (TPSA) is 26.3 Å². The first-order valence-corrected chi connectivity index (χ1v) is 7.40. The van der Waals surface area contributed by atoms with Gasteiger partial charge >= 0.3 is 5.97 Å². The summed E-state index contributed by atoms with van der Waals surface area (Å²) in [6.45, 7) is 11.8. The fraction of sp³-hybridized carbons (Fsp3) is 0.812. The zero-order valence-corrected chi connectivity index (χ0v) is 12.7. The minimum Gasteiger partial charge on any atom is -0.456 e. The van der Waals surface area contributed by atoms with Gasteiger partial charge < -0.3 is 4.74 Å². The molecule has 0 rings (SSSR count). The molecule has 106 valence electrons. The van der Waals surface area contributed by atoms with Crippen LogP contribution in [0.4, 0.5) is 0 Å². The fourth-order valence-electron chi connectivity index (χ4n) is 2.13. The molecule has 0 aromatic carbocycles. The summed E-state index contributed by atoms with van der Waals surface area (Å²) in [6.07, 6.45) is 8.98. The van der Waals surface area contributed by atoms with Crippen LogP contribution in [-0.4, -0.2) is 11.6 Å². The van der Waals surface area contributed by atoms with Gasteiger partial charge in [-0.1, -0.05) is 53.0 Å². The molecule has 0 saturated heterocycles. The van der Waals surface area contributed by atoms with Crippen LogP contribution < -0.4 is 0 Å². The van der Waals surface area contributed by atoms with Crippen LogP contribution in [0.5, 0.6) is 0 Å². The smallest absolute Gasteiger partial charge is 0.333 e. The molecule has 0 aromatic rings. The van der Waals surface area contributed by atoms with Crippen LogP contribution in [0.3, 0.4) is 0 Å². The van der Waals surface area contributed by atoms with E-state index in [9.17, 15) is 4.79 Å². The number of ether oxygens (including phenoxy) is 1. The number of carbonyl (C=O) groups excluding carboxylic acids is 1. The molecule has 0 fully saturated rings. The van der Waals surface area contributed by atoms with Crippen molar-refractivity contribution in [3.63, 3.8) is 0 Å². The molecule has 0 bridgehead atoms. The average Bonchev–Trinajstić information content (AvgIpc) is 2.36. The fourth-order valence-corrected chi connectivity index (χ4v) is 2.13. The van der Waals surface area contributed by atoms with Crippen molar-refractivity contribution in [3.8, 4) is 0 Å². The van der Waals surface area contributed by atoms with E-state index in [1.807, 2.05) is 0 Å². The van der Waals surface area contributed by atoms with E-state index < -0.39 is 0 Å². The summed E-state index contributed by atoms with van der Waals surface area (Å²) in [5, 5.41) is 0. The minimum atomic E-state index is -0.276. The second kappa shape index (κ2) is 9.18. The van der Waals surface area contributed by atoms with Crippen molar-refractivity contribution in [1.29, 1.82) is 0 Å². The SMILES string of the molecule is C=C(C)C(=O)OC(CC)(CC)CCCCCCC. The molecule has 0 amide bonds. The molecule has 0 aliphatic carbocycles. The highest BCUT2D eigenvalue weighted by molar-refractivity contribution is 5.87. The van der Waals surface area contributed by atoms with Crippen LogP contribution in [0.1, 0.15) is 79.1 Å². The Morgan fingerprint density at radius 3 is 2.06 bits per heavy atom. The second-order valence-corrected chi connectivity index (χ2v) is 5.22. The molecule has 2 heteroatoms. The highest BCUT2D eigenvalue weighted by Crippen LogP contribution is 2.28. The summed E-state index contributed by atoms with van der Waals surface area (Å²) in [5.41, 5.74) is 0.217. The maximum absolute atomic E-state index is 11.7. The summed E-state index contributed by atoms with van der Waals surface area (Å²) >= 11 is 0. The van der Waals surface area contributed by atoms with E-state index in [0.717, 1.165) is 25.7 Å². The molecule has 0 N–H and O–H groups in total. The van der Waals surface area contributed by atoms with E-state index in [0.29, 0.717) is 5.57 Å². The Labute approximate surface area is 113 Å². The second-order valence-electron chi connectivity index (χ2n) is 5.22. The summed E-state index contributed by atoms with van der Waals surface area (Å²) in [5.74, 6) is -0.243. The lowest BCUT2D eigenvalue weighted by molar-refractivity contribution is -0.156. The van der Waals surface area contributed by atoms with Gasteiger partial charge in [0.1, 0.15) is 5.60 Å². The van der Waals surface area contributed by atoms with Crippen LogP contribution in [0, 0.1) is 0 Å². The Kier molecular flexibility index (Phi) is 8.78. The Morgan fingerprint density at radius 2 is 1.61 bits per heavy atom. The largest absolute Gasteiger partial charge is 0.456 e. The average molecular weight is 254 g/mol. The third kappa shape index (κ3) is 6.23. The third-order valence-corrected chi connectivity index (χ3v) is 3.68. The lowest BCUT2D eigenvalue weighted by Gasteiger charge is -2.31. The van der Waals surface area contributed by atoms with Crippen molar-refractivity contribution < 1.29 is 9.53 Å². The highest BCUT2D eigenvalue weighted by atomic mass is 16.6. The molecule has 0 saturated carbocycles. The van der Waals surface area contributed by atoms with Gasteiger partial charge in [0, 0.05) is 5.57 Å². The lowest BCUT2D eigenvalue weighted by Crippen LogP contribution is -2.34. The molecule has 0 atom stereocenters. The van der Waals surface area contributed by atoms with Crippen LogP contribution in [-0.2, 0) is 9.53 Å². The predicted octanol–water partition coefficient (Wildman–Crippen LogP) is 5.03. The van der Waals surface area contributed by atoms with E-state index in [1.165, 1.54) is 25.7 Å². The first kappa shape index (κ1) is 17.2. The van der Waals surface area contributed by atoms with Crippen molar-refractivity contribution in [2.45, 2.75) is 84.7 Å². The van der Waals surface area contributed by atoms with Crippen molar-refractivity contribution in [2.24, 2.45) is 0 Å². The van der Waals surface area contributed by atoms with Crippen LogP contribution in [0.2, 0.25) is 0 Å². The van der Waals surface area contributed by atoms with E-state index in [1.54, 1.807) is 6.92 Å². The minimum absolute atomic E-state index is 0.243. The van der Waals surface area contributed by atoms with Gasteiger partial charge in [0.2, 0.25) is 0 Å². The summed E-state index contributed by atoms with van der Waals surface area (Å²) in [7, 11) is 0. The van der Waals surface area contributed by atoms with Gasteiger partial charge in [0.15, 0.2) is 0 Å². The number of rotatable bonds is 10. The van der Waals surface area contributed by atoms with E-state index in [-0.39, 0.29) is 11.6 Å².